The van der Waals surface area contributed by atoms with Gasteiger partial charge in [0.25, 0.3) is 0 Å². The van der Waals surface area contributed by atoms with Crippen LogP contribution in [0.1, 0.15) is 65.2 Å². The maximum atomic E-state index is 6.19. The topological polar surface area (TPSA) is 26.0 Å². The molecule has 0 aromatic heterocycles. The molecule has 0 aliphatic heterocycles. The van der Waals surface area contributed by atoms with Gasteiger partial charge in [0.05, 0.1) is 0 Å². The van der Waals surface area contributed by atoms with Gasteiger partial charge in [0.15, 0.2) is 0 Å². The molecule has 15 heavy (non-hydrogen) atoms. The molecule has 0 fully saturated rings. The van der Waals surface area contributed by atoms with Crippen LogP contribution in [0.15, 0.2) is 11.6 Å². The van der Waals surface area contributed by atoms with Crippen molar-refractivity contribution in [3.8, 4) is 0 Å². The Labute approximate surface area is 95.1 Å². The highest BCUT2D eigenvalue weighted by Gasteiger charge is 2.12. The van der Waals surface area contributed by atoms with Gasteiger partial charge in [-0.3, -0.25) is 0 Å². The van der Waals surface area contributed by atoms with Crippen molar-refractivity contribution < 1.29 is 0 Å². The molecule has 2 N–H and O–H groups in total. The summed E-state index contributed by atoms with van der Waals surface area (Å²) in [7, 11) is 0. The Hall–Kier alpha value is -0.300. The van der Waals surface area contributed by atoms with Crippen molar-refractivity contribution in [2.45, 2.75) is 71.3 Å². The molecule has 0 aromatic carbocycles. The van der Waals surface area contributed by atoms with E-state index in [0.717, 1.165) is 12.3 Å². The van der Waals surface area contributed by atoms with Crippen LogP contribution < -0.4 is 5.73 Å². The smallest absolute Gasteiger partial charge is 0.00786 e. The lowest BCUT2D eigenvalue weighted by Crippen LogP contribution is -2.23. The Morgan fingerprint density at radius 1 is 1.40 bits per heavy atom. The van der Waals surface area contributed by atoms with Crippen LogP contribution in [0.3, 0.4) is 0 Å². The average Bonchev–Trinajstić information content (AvgIpc) is 2.19. The Morgan fingerprint density at radius 2 is 2.20 bits per heavy atom. The van der Waals surface area contributed by atoms with Crippen LogP contribution in [0, 0.1) is 5.92 Å². The third-order valence-electron chi connectivity index (χ3n) is 3.40. The van der Waals surface area contributed by atoms with Gasteiger partial charge in [-0.05, 0) is 44.4 Å². The first kappa shape index (κ1) is 12.8. The molecule has 0 saturated heterocycles. The van der Waals surface area contributed by atoms with Crippen molar-refractivity contribution in [2.75, 3.05) is 0 Å². The maximum absolute atomic E-state index is 6.19. The summed E-state index contributed by atoms with van der Waals surface area (Å²) in [5.41, 5.74) is 7.82. The summed E-state index contributed by atoms with van der Waals surface area (Å²) in [4.78, 5) is 0. The first-order valence-corrected chi connectivity index (χ1v) is 6.65. The molecule has 1 nitrogen and oxygen atoms in total. The molecule has 0 amide bonds. The van der Waals surface area contributed by atoms with E-state index in [4.69, 9.17) is 5.73 Å². The second kappa shape index (κ2) is 7.05. The van der Waals surface area contributed by atoms with Crippen LogP contribution >= 0.6 is 0 Å². The lowest BCUT2D eigenvalue weighted by molar-refractivity contribution is 0.427. The highest BCUT2D eigenvalue weighted by Crippen LogP contribution is 2.23. The van der Waals surface area contributed by atoms with Crippen molar-refractivity contribution in [1.82, 2.24) is 0 Å². The Kier molecular flexibility index (Phi) is 6.00. The molecular formula is C14H27N. The van der Waals surface area contributed by atoms with Gasteiger partial charge in [0, 0.05) is 6.04 Å². The molecule has 1 aliphatic carbocycles. The lowest BCUT2D eigenvalue weighted by Gasteiger charge is -2.20. The van der Waals surface area contributed by atoms with Gasteiger partial charge >= 0.3 is 0 Å². The third kappa shape index (κ3) is 5.36. The number of hydrogen-bond donors (Lipinski definition) is 1. The minimum Gasteiger partial charge on any atom is -0.327 e. The van der Waals surface area contributed by atoms with Crippen molar-refractivity contribution in [3.05, 3.63) is 11.6 Å². The summed E-state index contributed by atoms with van der Waals surface area (Å²) in [5.74, 6) is 0.800. The minimum atomic E-state index is 0.399. The molecule has 0 heterocycles. The van der Waals surface area contributed by atoms with Gasteiger partial charge in [-0.2, -0.15) is 0 Å². The predicted octanol–water partition coefficient (Wildman–Crippen LogP) is 4.03. The number of allylic oxidation sites excluding steroid dienone is 1. The second-order valence-electron chi connectivity index (χ2n) is 5.20. The van der Waals surface area contributed by atoms with Crippen LogP contribution in [-0.4, -0.2) is 6.04 Å². The van der Waals surface area contributed by atoms with Crippen LogP contribution in [-0.2, 0) is 0 Å². The zero-order chi connectivity index (χ0) is 11.1. The summed E-state index contributed by atoms with van der Waals surface area (Å²) in [5, 5.41) is 0. The van der Waals surface area contributed by atoms with E-state index in [9.17, 15) is 0 Å². The fourth-order valence-electron chi connectivity index (χ4n) is 2.64. The van der Waals surface area contributed by atoms with E-state index in [1.165, 1.54) is 44.9 Å². The van der Waals surface area contributed by atoms with Gasteiger partial charge in [0.2, 0.25) is 0 Å². The third-order valence-corrected chi connectivity index (χ3v) is 3.40. The molecule has 0 bridgehead atoms. The Bertz CT molecular complexity index is 196. The van der Waals surface area contributed by atoms with Gasteiger partial charge in [0.1, 0.15) is 0 Å². The molecule has 1 heteroatoms. The fraction of sp³-hybridized carbons (Fsp3) is 0.857. The summed E-state index contributed by atoms with van der Waals surface area (Å²) >= 11 is 0. The van der Waals surface area contributed by atoms with Crippen LogP contribution in [0.2, 0.25) is 0 Å². The molecule has 0 spiro atoms. The highest BCUT2D eigenvalue weighted by molar-refractivity contribution is 5.06. The van der Waals surface area contributed by atoms with Crippen LogP contribution in [0.5, 0.6) is 0 Å². The quantitative estimate of drug-likeness (QED) is 0.657. The van der Waals surface area contributed by atoms with E-state index in [0.29, 0.717) is 6.04 Å². The minimum absolute atomic E-state index is 0.399. The van der Waals surface area contributed by atoms with E-state index in [-0.39, 0.29) is 0 Å². The highest BCUT2D eigenvalue weighted by atomic mass is 14.6. The molecule has 2 unspecified atom stereocenters. The molecule has 2 atom stereocenters. The van der Waals surface area contributed by atoms with Crippen molar-refractivity contribution in [2.24, 2.45) is 11.7 Å². The van der Waals surface area contributed by atoms with Crippen LogP contribution in [0.4, 0.5) is 0 Å². The first-order valence-electron chi connectivity index (χ1n) is 6.65. The second-order valence-corrected chi connectivity index (χ2v) is 5.20. The van der Waals surface area contributed by atoms with Crippen molar-refractivity contribution >= 4 is 0 Å². The number of rotatable bonds is 6. The average molecular weight is 209 g/mol. The summed E-state index contributed by atoms with van der Waals surface area (Å²) in [6.07, 6.45) is 12.7. The maximum Gasteiger partial charge on any atom is 0.00786 e. The van der Waals surface area contributed by atoms with Gasteiger partial charge in [-0.1, -0.05) is 38.3 Å². The lowest BCUT2D eigenvalue weighted by atomic mass is 9.90. The Morgan fingerprint density at radius 3 is 2.80 bits per heavy atom. The van der Waals surface area contributed by atoms with E-state index < -0.39 is 0 Å². The Balaban J connectivity index is 2.22. The molecule has 1 rings (SSSR count). The van der Waals surface area contributed by atoms with Crippen molar-refractivity contribution in [3.63, 3.8) is 0 Å². The summed E-state index contributed by atoms with van der Waals surface area (Å²) in [6.45, 7) is 4.59. The van der Waals surface area contributed by atoms with Gasteiger partial charge in [-0.25, -0.2) is 0 Å². The van der Waals surface area contributed by atoms with E-state index >= 15 is 0 Å². The molecule has 0 aromatic rings. The standard InChI is InChI=1S/C14H27N/c1-3-7-12(2)10-14(15)11-13-8-5-4-6-9-13/h8,12,14H,3-7,9-11,15H2,1-2H3. The normalized spacial score (nSPS) is 20.9. The largest absolute Gasteiger partial charge is 0.327 e. The van der Waals surface area contributed by atoms with E-state index in [1.807, 2.05) is 0 Å². The molecule has 88 valence electrons. The van der Waals surface area contributed by atoms with E-state index in [2.05, 4.69) is 19.9 Å². The first-order chi connectivity index (χ1) is 7.22. The zero-order valence-corrected chi connectivity index (χ0v) is 10.5. The zero-order valence-electron chi connectivity index (χ0n) is 10.5. The SMILES string of the molecule is CCCC(C)CC(N)CC1=CCCCC1. The predicted molar refractivity (Wildman–Crippen MR) is 67.8 cm³/mol. The summed E-state index contributed by atoms with van der Waals surface area (Å²) in [6, 6.07) is 0.399. The van der Waals surface area contributed by atoms with Crippen molar-refractivity contribution in [1.29, 1.82) is 0 Å². The fourth-order valence-corrected chi connectivity index (χ4v) is 2.64. The van der Waals surface area contributed by atoms with E-state index in [1.54, 1.807) is 5.57 Å². The number of hydrogen-bond acceptors (Lipinski definition) is 1. The molecular weight excluding hydrogens is 182 g/mol. The molecule has 1 aliphatic rings. The van der Waals surface area contributed by atoms with Gasteiger partial charge < -0.3 is 5.73 Å². The molecule has 0 radical (unpaired) electrons. The van der Waals surface area contributed by atoms with Gasteiger partial charge in [-0.15, -0.1) is 0 Å². The molecule has 0 saturated carbocycles. The number of nitrogens with two attached hydrogens (primary N) is 1. The monoisotopic (exact) mass is 209 g/mol. The summed E-state index contributed by atoms with van der Waals surface area (Å²) < 4.78 is 0. The van der Waals surface area contributed by atoms with Crippen LogP contribution in [0.25, 0.3) is 0 Å².